The highest BCUT2D eigenvalue weighted by Crippen LogP contribution is 2.29. The monoisotopic (exact) mass is 407 g/mol. The molecule has 7 heteroatoms. The van der Waals surface area contributed by atoms with Crippen LogP contribution in [-0.2, 0) is 0 Å². The summed E-state index contributed by atoms with van der Waals surface area (Å²) >= 11 is 7.81. The van der Waals surface area contributed by atoms with Gasteiger partial charge in [-0.25, -0.2) is 4.39 Å². The van der Waals surface area contributed by atoms with E-state index >= 15 is 0 Å². The number of rotatable bonds is 2. The average Bonchev–Trinajstić information content (AvgIpc) is 2.77. The fourth-order valence-corrected chi connectivity index (χ4v) is 2.82. The van der Waals surface area contributed by atoms with Crippen LogP contribution in [0.25, 0.3) is 10.9 Å². The van der Waals surface area contributed by atoms with Gasteiger partial charge in [-0.1, -0.05) is 11.6 Å². The summed E-state index contributed by atoms with van der Waals surface area (Å²) in [6, 6.07) is 3.51. The fourth-order valence-electron chi connectivity index (χ4n) is 2.20. The zero-order valence-corrected chi connectivity index (χ0v) is 13.5. The first-order valence-corrected chi connectivity index (χ1v) is 7.59. The molecular formula is C13H12ClFIN3O. The van der Waals surface area contributed by atoms with Gasteiger partial charge in [0, 0.05) is 25.5 Å². The zero-order chi connectivity index (χ0) is 14.4. The van der Waals surface area contributed by atoms with Crippen molar-refractivity contribution in [2.75, 3.05) is 20.1 Å². The Bertz CT molecular complexity index is 698. The molecule has 1 saturated heterocycles. The number of amides is 1. The van der Waals surface area contributed by atoms with Gasteiger partial charge in [-0.15, -0.1) is 0 Å². The van der Waals surface area contributed by atoms with Gasteiger partial charge in [0.2, 0.25) is 0 Å². The van der Waals surface area contributed by atoms with Crippen molar-refractivity contribution in [1.29, 1.82) is 0 Å². The van der Waals surface area contributed by atoms with Crippen LogP contribution in [0.15, 0.2) is 12.1 Å². The predicted octanol–water partition coefficient (Wildman–Crippen LogP) is 2.61. The van der Waals surface area contributed by atoms with Crippen LogP contribution < -0.4 is 5.32 Å². The Morgan fingerprint density at radius 2 is 2.20 bits per heavy atom. The average molecular weight is 408 g/mol. The van der Waals surface area contributed by atoms with Gasteiger partial charge in [0.05, 0.1) is 20.2 Å². The van der Waals surface area contributed by atoms with E-state index in [1.165, 1.54) is 0 Å². The molecule has 0 bridgehead atoms. The van der Waals surface area contributed by atoms with Crippen LogP contribution in [-0.4, -0.2) is 42.0 Å². The number of hydrogen-bond acceptors (Lipinski definition) is 2. The molecule has 3 rings (SSSR count). The van der Waals surface area contributed by atoms with Crippen LogP contribution >= 0.6 is 34.2 Å². The van der Waals surface area contributed by atoms with E-state index in [0.717, 1.165) is 13.1 Å². The second kappa shape index (κ2) is 5.16. The van der Waals surface area contributed by atoms with Crippen molar-refractivity contribution < 1.29 is 9.18 Å². The summed E-state index contributed by atoms with van der Waals surface area (Å²) in [5, 5.41) is 4.08. The Kier molecular flexibility index (Phi) is 3.64. The molecule has 106 valence electrons. The molecular weight excluding hydrogens is 396 g/mol. The summed E-state index contributed by atoms with van der Waals surface area (Å²) < 4.78 is 14.5. The minimum atomic E-state index is -0.417. The maximum absolute atomic E-state index is 14.1. The van der Waals surface area contributed by atoms with Crippen molar-refractivity contribution >= 4 is 51.0 Å². The Morgan fingerprint density at radius 1 is 1.50 bits per heavy atom. The van der Waals surface area contributed by atoms with Crippen molar-refractivity contribution in [2.24, 2.45) is 0 Å². The molecule has 20 heavy (non-hydrogen) atoms. The number of fused-ring (bicyclic) bond motifs is 1. The second-order valence-electron chi connectivity index (χ2n) is 4.86. The highest BCUT2D eigenvalue weighted by atomic mass is 127. The molecule has 1 aliphatic rings. The number of aromatic nitrogens is 1. The van der Waals surface area contributed by atoms with E-state index in [9.17, 15) is 9.18 Å². The molecule has 1 aromatic carbocycles. The molecule has 1 aliphatic heterocycles. The van der Waals surface area contributed by atoms with E-state index < -0.39 is 5.82 Å². The van der Waals surface area contributed by atoms with Gasteiger partial charge in [0.1, 0.15) is 5.69 Å². The SMILES string of the molecule is CN(C(=O)c1cc2cc(Cl)c(I)c(F)c2[nH]1)C1CNC1. The molecule has 2 aromatic rings. The van der Waals surface area contributed by atoms with E-state index in [1.807, 2.05) is 22.6 Å². The van der Waals surface area contributed by atoms with Crippen molar-refractivity contribution in [1.82, 2.24) is 15.2 Å². The first-order valence-electron chi connectivity index (χ1n) is 6.13. The molecule has 2 heterocycles. The van der Waals surface area contributed by atoms with Gasteiger partial charge < -0.3 is 15.2 Å². The predicted molar refractivity (Wildman–Crippen MR) is 84.7 cm³/mol. The number of likely N-dealkylation sites (N-methyl/N-ethyl adjacent to an activating group) is 1. The number of carbonyl (C=O) groups is 1. The first kappa shape index (κ1) is 14.1. The van der Waals surface area contributed by atoms with Crippen LogP contribution in [0.2, 0.25) is 5.02 Å². The number of halogens is 3. The normalized spacial score (nSPS) is 15.4. The van der Waals surface area contributed by atoms with Gasteiger partial charge in [-0.2, -0.15) is 0 Å². The van der Waals surface area contributed by atoms with Crippen molar-refractivity contribution in [3.63, 3.8) is 0 Å². The van der Waals surface area contributed by atoms with Crippen LogP contribution in [0.4, 0.5) is 4.39 Å². The first-order chi connectivity index (χ1) is 9.49. The standard InChI is InChI=1S/C13H12ClFIN3O/c1-19(7-4-17-5-7)13(20)9-3-6-2-8(14)11(16)10(15)12(6)18-9/h2-3,7,17-18H,4-5H2,1H3. The van der Waals surface area contributed by atoms with E-state index in [1.54, 1.807) is 24.1 Å². The lowest BCUT2D eigenvalue weighted by Crippen LogP contribution is -2.57. The highest BCUT2D eigenvalue weighted by molar-refractivity contribution is 14.1. The number of nitrogens with one attached hydrogen (secondary N) is 2. The third-order valence-corrected chi connectivity index (χ3v) is 5.28. The number of H-pyrrole nitrogens is 1. The maximum Gasteiger partial charge on any atom is 0.270 e. The lowest BCUT2D eigenvalue weighted by atomic mass is 10.1. The van der Waals surface area contributed by atoms with Crippen LogP contribution in [0.1, 0.15) is 10.5 Å². The molecule has 0 radical (unpaired) electrons. The lowest BCUT2D eigenvalue weighted by Gasteiger charge is -2.35. The summed E-state index contributed by atoms with van der Waals surface area (Å²) in [4.78, 5) is 16.9. The number of benzene rings is 1. The molecule has 0 saturated carbocycles. The van der Waals surface area contributed by atoms with E-state index in [4.69, 9.17) is 11.6 Å². The minimum absolute atomic E-state index is 0.141. The van der Waals surface area contributed by atoms with Gasteiger partial charge >= 0.3 is 0 Å². The molecule has 0 aliphatic carbocycles. The number of carbonyl (C=O) groups excluding carboxylic acids is 1. The molecule has 0 unspecified atom stereocenters. The molecule has 1 aromatic heterocycles. The minimum Gasteiger partial charge on any atom is -0.348 e. The Balaban J connectivity index is 2.00. The smallest absolute Gasteiger partial charge is 0.270 e. The molecule has 2 N–H and O–H groups in total. The van der Waals surface area contributed by atoms with Gasteiger partial charge in [-0.3, -0.25) is 4.79 Å². The fraction of sp³-hybridized carbons (Fsp3) is 0.308. The molecule has 0 spiro atoms. The summed E-state index contributed by atoms with van der Waals surface area (Å²) in [6.07, 6.45) is 0. The lowest BCUT2D eigenvalue weighted by molar-refractivity contribution is 0.0676. The van der Waals surface area contributed by atoms with E-state index in [2.05, 4.69) is 10.3 Å². The largest absolute Gasteiger partial charge is 0.348 e. The van der Waals surface area contributed by atoms with E-state index in [-0.39, 0.29) is 11.9 Å². The van der Waals surface area contributed by atoms with Crippen molar-refractivity contribution in [2.45, 2.75) is 6.04 Å². The summed E-state index contributed by atoms with van der Waals surface area (Å²) in [5.41, 5.74) is 0.702. The van der Waals surface area contributed by atoms with Gasteiger partial charge in [0.15, 0.2) is 5.82 Å². The maximum atomic E-state index is 14.1. The van der Waals surface area contributed by atoms with Gasteiger partial charge in [-0.05, 0) is 34.7 Å². The summed E-state index contributed by atoms with van der Waals surface area (Å²) in [6.45, 7) is 1.58. The zero-order valence-electron chi connectivity index (χ0n) is 10.6. The molecule has 4 nitrogen and oxygen atoms in total. The summed E-state index contributed by atoms with van der Waals surface area (Å²) in [5.74, 6) is -0.557. The number of aromatic amines is 1. The third-order valence-electron chi connectivity index (χ3n) is 3.61. The Hall–Kier alpha value is -0.860. The quantitative estimate of drug-likeness (QED) is 0.594. The molecule has 1 fully saturated rings. The highest BCUT2D eigenvalue weighted by Gasteiger charge is 2.27. The third kappa shape index (κ3) is 2.19. The van der Waals surface area contributed by atoms with Crippen molar-refractivity contribution in [3.8, 4) is 0 Å². The Labute approximate surface area is 133 Å². The topological polar surface area (TPSA) is 48.1 Å². The van der Waals surface area contributed by atoms with Crippen LogP contribution in [0.3, 0.4) is 0 Å². The number of hydrogen-bond donors (Lipinski definition) is 2. The molecule has 1 amide bonds. The van der Waals surface area contributed by atoms with Gasteiger partial charge in [0.25, 0.3) is 5.91 Å². The second-order valence-corrected chi connectivity index (χ2v) is 6.35. The van der Waals surface area contributed by atoms with E-state index in [0.29, 0.717) is 25.2 Å². The van der Waals surface area contributed by atoms with Crippen molar-refractivity contribution in [3.05, 3.63) is 32.2 Å². The summed E-state index contributed by atoms with van der Waals surface area (Å²) in [7, 11) is 1.76. The van der Waals surface area contributed by atoms with Crippen LogP contribution in [0, 0.1) is 9.39 Å². The molecule has 0 atom stereocenters. The van der Waals surface area contributed by atoms with Crippen LogP contribution in [0.5, 0.6) is 0 Å². The Morgan fingerprint density at radius 3 is 2.80 bits per heavy atom. The number of nitrogens with zero attached hydrogens (tertiary/aromatic N) is 1.